The van der Waals surface area contributed by atoms with E-state index in [1.54, 1.807) is 19.6 Å². The molecule has 0 spiro atoms. The number of allylic oxidation sites excluding steroid dienone is 1. The van der Waals surface area contributed by atoms with Crippen molar-refractivity contribution in [3.63, 3.8) is 0 Å². The van der Waals surface area contributed by atoms with Crippen LogP contribution in [0.1, 0.15) is 12.7 Å². The summed E-state index contributed by atoms with van der Waals surface area (Å²) < 4.78 is 12.4. The first-order chi connectivity index (χ1) is 16.6. The molecule has 0 bridgehead atoms. The molecule has 172 valence electrons. The summed E-state index contributed by atoms with van der Waals surface area (Å²) in [6.07, 6.45) is 5.00. The molecule has 0 saturated heterocycles. The molecular weight excluding hydrogens is 450 g/mol. The molecule has 0 aliphatic rings. The van der Waals surface area contributed by atoms with Crippen molar-refractivity contribution in [2.24, 2.45) is 5.10 Å². The number of ether oxygens (including phenoxy) is 1. The third kappa shape index (κ3) is 5.81. The SMILES string of the molecule is COc1ccc(-c2nnc(SCC(=O)N/N=C\C(C)=Cc3ccco3)n2-c2ccccc2)cc1. The van der Waals surface area contributed by atoms with Gasteiger partial charge in [0.25, 0.3) is 5.91 Å². The van der Waals surface area contributed by atoms with Crippen LogP contribution in [-0.4, -0.2) is 39.7 Å². The van der Waals surface area contributed by atoms with Crippen LogP contribution in [0.3, 0.4) is 0 Å². The van der Waals surface area contributed by atoms with E-state index in [-0.39, 0.29) is 11.7 Å². The number of amides is 1. The second kappa shape index (κ2) is 11.2. The standard InChI is InChI=1S/C25H23N5O3S/c1-18(15-22-9-6-14-33-22)16-26-27-23(31)17-34-25-29-28-24(19-10-12-21(32-2)13-11-19)30(25)20-7-4-3-5-8-20/h3-16H,17H2,1-2H3,(H,27,31)/b18-15?,26-16-. The molecule has 2 aromatic heterocycles. The van der Waals surface area contributed by atoms with Crippen LogP contribution in [0, 0.1) is 0 Å². The maximum atomic E-state index is 12.4. The van der Waals surface area contributed by atoms with Gasteiger partial charge >= 0.3 is 0 Å². The summed E-state index contributed by atoms with van der Waals surface area (Å²) in [5, 5.41) is 13.3. The van der Waals surface area contributed by atoms with Gasteiger partial charge in [-0.1, -0.05) is 30.0 Å². The number of nitrogens with zero attached hydrogens (tertiary/aromatic N) is 4. The van der Waals surface area contributed by atoms with Crippen molar-refractivity contribution in [3.8, 4) is 22.8 Å². The van der Waals surface area contributed by atoms with Gasteiger partial charge in [-0.25, -0.2) is 5.43 Å². The fourth-order valence-corrected chi connectivity index (χ4v) is 3.85. The first kappa shape index (κ1) is 23.1. The van der Waals surface area contributed by atoms with Gasteiger partial charge in [0, 0.05) is 11.3 Å². The van der Waals surface area contributed by atoms with Gasteiger partial charge in [0.15, 0.2) is 11.0 Å². The van der Waals surface area contributed by atoms with E-state index in [4.69, 9.17) is 9.15 Å². The van der Waals surface area contributed by atoms with Crippen LogP contribution >= 0.6 is 11.8 Å². The molecule has 9 heteroatoms. The Labute approximate surface area is 201 Å². The van der Waals surface area contributed by atoms with Crippen molar-refractivity contribution in [3.05, 3.63) is 84.3 Å². The quantitative estimate of drug-likeness (QED) is 0.212. The van der Waals surface area contributed by atoms with Crippen molar-refractivity contribution < 1.29 is 13.9 Å². The third-order valence-corrected chi connectivity index (χ3v) is 5.63. The molecular formula is C25H23N5O3S. The Morgan fingerprint density at radius 1 is 1.12 bits per heavy atom. The summed E-state index contributed by atoms with van der Waals surface area (Å²) in [4.78, 5) is 12.4. The number of methoxy groups -OCH3 is 1. The number of thioether (sulfide) groups is 1. The Bertz CT molecular complexity index is 1280. The first-order valence-electron chi connectivity index (χ1n) is 10.5. The Hall–Kier alpha value is -4.11. The van der Waals surface area contributed by atoms with Gasteiger partial charge in [0.05, 0.1) is 25.3 Å². The number of hydrogen-bond donors (Lipinski definition) is 1. The van der Waals surface area contributed by atoms with Crippen LogP contribution in [0.5, 0.6) is 5.75 Å². The maximum Gasteiger partial charge on any atom is 0.250 e. The lowest BCUT2D eigenvalue weighted by Crippen LogP contribution is -2.20. The second-order valence-electron chi connectivity index (χ2n) is 7.19. The van der Waals surface area contributed by atoms with E-state index in [1.807, 2.05) is 84.3 Å². The average Bonchev–Trinajstić information content (AvgIpc) is 3.53. The first-order valence-corrected chi connectivity index (χ1v) is 11.4. The Balaban J connectivity index is 1.46. The van der Waals surface area contributed by atoms with Gasteiger partial charge in [0.1, 0.15) is 11.5 Å². The molecule has 0 aliphatic heterocycles. The largest absolute Gasteiger partial charge is 0.497 e. The maximum absolute atomic E-state index is 12.4. The monoisotopic (exact) mass is 473 g/mol. The summed E-state index contributed by atoms with van der Waals surface area (Å²) in [5.41, 5.74) is 5.17. The topological polar surface area (TPSA) is 94.5 Å². The van der Waals surface area contributed by atoms with Gasteiger partial charge in [-0.3, -0.25) is 9.36 Å². The molecule has 0 atom stereocenters. The van der Waals surface area contributed by atoms with Gasteiger partial charge in [-0.2, -0.15) is 5.10 Å². The fraction of sp³-hybridized carbons (Fsp3) is 0.120. The lowest BCUT2D eigenvalue weighted by atomic mass is 10.2. The van der Waals surface area contributed by atoms with Gasteiger partial charge < -0.3 is 9.15 Å². The van der Waals surface area contributed by atoms with Gasteiger partial charge in [-0.05, 0) is 67.1 Å². The van der Waals surface area contributed by atoms with Crippen molar-refractivity contribution in [2.75, 3.05) is 12.9 Å². The minimum absolute atomic E-state index is 0.131. The minimum atomic E-state index is -0.249. The summed E-state index contributed by atoms with van der Waals surface area (Å²) in [7, 11) is 1.63. The van der Waals surface area contributed by atoms with E-state index in [9.17, 15) is 4.79 Å². The average molecular weight is 474 g/mol. The van der Waals surface area contributed by atoms with Crippen LogP contribution in [0.4, 0.5) is 0 Å². The van der Waals surface area contributed by atoms with E-state index in [1.165, 1.54) is 11.8 Å². The van der Waals surface area contributed by atoms with Crippen molar-refractivity contribution in [1.82, 2.24) is 20.2 Å². The molecule has 2 aromatic carbocycles. The number of furan rings is 1. The number of carbonyl (C=O) groups is 1. The highest BCUT2D eigenvalue weighted by Crippen LogP contribution is 2.28. The Kier molecular flexibility index (Phi) is 7.56. The molecule has 8 nitrogen and oxygen atoms in total. The molecule has 0 unspecified atom stereocenters. The lowest BCUT2D eigenvalue weighted by molar-refractivity contribution is -0.118. The van der Waals surface area contributed by atoms with E-state index < -0.39 is 0 Å². The number of aromatic nitrogens is 3. The number of rotatable bonds is 9. The highest BCUT2D eigenvalue weighted by atomic mass is 32.2. The molecule has 1 N–H and O–H groups in total. The summed E-state index contributed by atoms with van der Waals surface area (Å²) >= 11 is 1.28. The van der Waals surface area contributed by atoms with Crippen molar-refractivity contribution in [1.29, 1.82) is 0 Å². The number of nitrogens with one attached hydrogen (secondary N) is 1. The number of hydrazone groups is 1. The number of carbonyl (C=O) groups excluding carboxylic acids is 1. The predicted molar refractivity (Wildman–Crippen MR) is 133 cm³/mol. The molecule has 2 heterocycles. The Morgan fingerprint density at radius 3 is 2.62 bits per heavy atom. The number of para-hydroxylation sites is 1. The van der Waals surface area contributed by atoms with E-state index >= 15 is 0 Å². The Morgan fingerprint density at radius 2 is 1.91 bits per heavy atom. The number of benzene rings is 2. The van der Waals surface area contributed by atoms with Crippen LogP contribution in [0.2, 0.25) is 0 Å². The molecule has 4 aromatic rings. The summed E-state index contributed by atoms with van der Waals surface area (Å²) in [5.74, 6) is 2.04. The van der Waals surface area contributed by atoms with Gasteiger partial charge in [-0.15, -0.1) is 10.2 Å². The molecule has 0 aliphatic carbocycles. The molecule has 0 saturated carbocycles. The zero-order valence-electron chi connectivity index (χ0n) is 18.7. The van der Waals surface area contributed by atoms with Gasteiger partial charge in [0.2, 0.25) is 0 Å². The van der Waals surface area contributed by atoms with Crippen LogP contribution in [0.15, 0.2) is 93.2 Å². The van der Waals surface area contributed by atoms with E-state index in [0.29, 0.717) is 11.0 Å². The van der Waals surface area contributed by atoms with E-state index in [0.717, 1.165) is 28.3 Å². The third-order valence-electron chi connectivity index (χ3n) is 4.70. The van der Waals surface area contributed by atoms with E-state index in [2.05, 4.69) is 20.7 Å². The summed E-state index contributed by atoms with van der Waals surface area (Å²) in [6.45, 7) is 1.87. The minimum Gasteiger partial charge on any atom is -0.497 e. The van der Waals surface area contributed by atoms with Crippen molar-refractivity contribution >= 4 is 30.0 Å². The summed E-state index contributed by atoms with van der Waals surface area (Å²) in [6, 6.07) is 21.0. The molecule has 0 fully saturated rings. The lowest BCUT2D eigenvalue weighted by Gasteiger charge is -2.10. The zero-order valence-corrected chi connectivity index (χ0v) is 19.5. The zero-order chi connectivity index (χ0) is 23.8. The van der Waals surface area contributed by atoms with Crippen LogP contribution < -0.4 is 10.2 Å². The second-order valence-corrected chi connectivity index (χ2v) is 8.13. The van der Waals surface area contributed by atoms with Crippen LogP contribution in [0.25, 0.3) is 23.2 Å². The highest BCUT2D eigenvalue weighted by Gasteiger charge is 2.17. The normalized spacial score (nSPS) is 11.6. The number of hydrogen-bond acceptors (Lipinski definition) is 7. The molecule has 4 rings (SSSR count). The molecule has 0 radical (unpaired) electrons. The smallest absolute Gasteiger partial charge is 0.250 e. The molecule has 1 amide bonds. The highest BCUT2D eigenvalue weighted by molar-refractivity contribution is 7.99. The fourth-order valence-electron chi connectivity index (χ4n) is 3.10. The molecule has 34 heavy (non-hydrogen) atoms. The predicted octanol–water partition coefficient (Wildman–Crippen LogP) is 4.83. The van der Waals surface area contributed by atoms with Crippen molar-refractivity contribution in [2.45, 2.75) is 12.1 Å². The van der Waals surface area contributed by atoms with Crippen LogP contribution in [-0.2, 0) is 4.79 Å².